The van der Waals surface area contributed by atoms with Crippen molar-refractivity contribution in [1.82, 2.24) is 15.1 Å². The number of amides is 1. The normalized spacial score (nSPS) is 10.6. The van der Waals surface area contributed by atoms with E-state index in [4.69, 9.17) is 9.84 Å². The summed E-state index contributed by atoms with van der Waals surface area (Å²) in [5.74, 6) is 0.601. The molecule has 0 saturated carbocycles. The maximum atomic E-state index is 13.0. The van der Waals surface area contributed by atoms with E-state index >= 15 is 0 Å². The number of ether oxygens (including phenoxy) is 1. The third-order valence-electron chi connectivity index (χ3n) is 4.90. The first-order chi connectivity index (χ1) is 14.6. The van der Waals surface area contributed by atoms with Gasteiger partial charge in [0.05, 0.1) is 18.5 Å². The zero-order chi connectivity index (χ0) is 20.9. The van der Waals surface area contributed by atoms with Crippen LogP contribution in [0.5, 0.6) is 5.75 Å². The van der Waals surface area contributed by atoms with Crippen LogP contribution in [0.15, 0.2) is 84.9 Å². The quantitative estimate of drug-likeness (QED) is 0.509. The van der Waals surface area contributed by atoms with Gasteiger partial charge in [0.1, 0.15) is 11.4 Å². The van der Waals surface area contributed by atoms with E-state index in [1.54, 1.807) is 11.8 Å². The van der Waals surface area contributed by atoms with Gasteiger partial charge in [-0.1, -0.05) is 48.0 Å². The molecule has 1 amide bonds. The minimum Gasteiger partial charge on any atom is -0.497 e. The molecule has 0 saturated heterocycles. The Balaban J connectivity index is 1.68. The summed E-state index contributed by atoms with van der Waals surface area (Å²) < 4.78 is 6.93. The summed E-state index contributed by atoms with van der Waals surface area (Å²) in [6, 6.07) is 27.3. The van der Waals surface area contributed by atoms with E-state index in [9.17, 15) is 4.79 Å². The molecule has 30 heavy (non-hydrogen) atoms. The molecule has 1 heterocycles. The van der Waals surface area contributed by atoms with Crippen molar-refractivity contribution in [3.63, 3.8) is 0 Å². The molecule has 5 heteroatoms. The predicted molar refractivity (Wildman–Crippen MR) is 118 cm³/mol. The number of carbonyl (C=O) groups excluding carboxylic acids is 1. The number of aromatic nitrogens is 2. The summed E-state index contributed by atoms with van der Waals surface area (Å²) in [5, 5.41) is 7.73. The number of nitrogens with zero attached hydrogens (tertiary/aromatic N) is 2. The van der Waals surface area contributed by atoms with Crippen LogP contribution in [0.1, 0.15) is 21.6 Å². The molecule has 0 unspecified atom stereocenters. The maximum Gasteiger partial charge on any atom is 0.270 e. The van der Waals surface area contributed by atoms with E-state index in [0.717, 1.165) is 33.8 Å². The summed E-state index contributed by atoms with van der Waals surface area (Å²) in [6.07, 6.45) is 0. The van der Waals surface area contributed by atoms with Gasteiger partial charge in [-0.2, -0.15) is 5.10 Å². The Bertz CT molecular complexity index is 1130. The van der Waals surface area contributed by atoms with Crippen molar-refractivity contribution in [2.24, 2.45) is 0 Å². The van der Waals surface area contributed by atoms with Crippen LogP contribution in [0.2, 0.25) is 0 Å². The number of benzene rings is 3. The fourth-order valence-electron chi connectivity index (χ4n) is 3.20. The monoisotopic (exact) mass is 397 g/mol. The highest BCUT2D eigenvalue weighted by atomic mass is 16.5. The zero-order valence-corrected chi connectivity index (χ0v) is 17.0. The van der Waals surface area contributed by atoms with E-state index in [1.165, 1.54) is 0 Å². The Labute approximate surface area is 175 Å². The molecule has 0 aliphatic rings. The summed E-state index contributed by atoms with van der Waals surface area (Å²) in [5.41, 5.74) is 5.16. The molecule has 1 aromatic heterocycles. The first-order valence-corrected chi connectivity index (χ1v) is 9.78. The highest BCUT2D eigenvalue weighted by Crippen LogP contribution is 2.24. The molecule has 0 spiro atoms. The molecule has 3 aromatic carbocycles. The lowest BCUT2D eigenvalue weighted by atomic mass is 10.1. The number of aryl methyl sites for hydroxylation is 1. The average Bonchev–Trinajstić information content (AvgIpc) is 3.24. The highest BCUT2D eigenvalue weighted by molar-refractivity contribution is 5.94. The lowest BCUT2D eigenvalue weighted by Gasteiger charge is -2.09. The van der Waals surface area contributed by atoms with Crippen molar-refractivity contribution in [1.29, 1.82) is 0 Å². The van der Waals surface area contributed by atoms with E-state index in [-0.39, 0.29) is 5.91 Å². The zero-order valence-electron chi connectivity index (χ0n) is 17.0. The van der Waals surface area contributed by atoms with Crippen molar-refractivity contribution in [3.8, 4) is 22.7 Å². The van der Waals surface area contributed by atoms with Crippen LogP contribution in [-0.2, 0) is 6.54 Å². The van der Waals surface area contributed by atoms with Crippen LogP contribution in [0.4, 0.5) is 0 Å². The second-order valence-corrected chi connectivity index (χ2v) is 7.06. The molecular formula is C25H23N3O2. The number of rotatable bonds is 6. The third kappa shape index (κ3) is 4.25. The highest BCUT2D eigenvalue weighted by Gasteiger charge is 2.17. The van der Waals surface area contributed by atoms with Crippen molar-refractivity contribution in [2.45, 2.75) is 13.5 Å². The fourth-order valence-corrected chi connectivity index (χ4v) is 3.20. The van der Waals surface area contributed by atoms with Gasteiger partial charge < -0.3 is 10.1 Å². The summed E-state index contributed by atoms with van der Waals surface area (Å²) in [6.45, 7) is 2.49. The minimum atomic E-state index is -0.174. The molecule has 1 N–H and O–H groups in total. The Morgan fingerprint density at radius 2 is 1.67 bits per heavy atom. The molecule has 150 valence electrons. The van der Waals surface area contributed by atoms with Crippen LogP contribution in [-0.4, -0.2) is 22.8 Å². The van der Waals surface area contributed by atoms with Crippen molar-refractivity contribution >= 4 is 5.91 Å². The molecule has 4 rings (SSSR count). The Morgan fingerprint density at radius 1 is 0.967 bits per heavy atom. The van der Waals surface area contributed by atoms with Gasteiger partial charge in [-0.15, -0.1) is 0 Å². The van der Waals surface area contributed by atoms with Crippen molar-refractivity contribution < 1.29 is 9.53 Å². The SMILES string of the molecule is COc1ccc(-c2cc(C(=O)NCc3ccccc3)n(-c3ccc(C)cc3)n2)cc1. The van der Waals surface area contributed by atoms with Gasteiger partial charge in [0.15, 0.2) is 0 Å². The lowest BCUT2D eigenvalue weighted by molar-refractivity contribution is 0.0943. The lowest BCUT2D eigenvalue weighted by Crippen LogP contribution is -2.25. The first kappa shape index (κ1) is 19.5. The Kier molecular flexibility index (Phi) is 5.61. The average molecular weight is 397 g/mol. The minimum absolute atomic E-state index is 0.174. The topological polar surface area (TPSA) is 56.1 Å². The Morgan fingerprint density at radius 3 is 2.33 bits per heavy atom. The maximum absolute atomic E-state index is 13.0. The fraction of sp³-hybridized carbons (Fsp3) is 0.120. The Hall–Kier alpha value is -3.86. The third-order valence-corrected chi connectivity index (χ3v) is 4.90. The molecule has 5 nitrogen and oxygen atoms in total. The molecule has 0 aliphatic carbocycles. The molecule has 0 aliphatic heterocycles. The van der Waals surface area contributed by atoms with Gasteiger partial charge in [0, 0.05) is 12.1 Å². The van der Waals surface area contributed by atoms with Gasteiger partial charge in [-0.25, -0.2) is 4.68 Å². The van der Waals surface area contributed by atoms with Gasteiger partial charge in [-0.05, 0) is 55.0 Å². The number of methoxy groups -OCH3 is 1. The van der Waals surface area contributed by atoms with Crippen LogP contribution in [0.3, 0.4) is 0 Å². The van der Waals surface area contributed by atoms with E-state index in [0.29, 0.717) is 12.2 Å². The van der Waals surface area contributed by atoms with Crippen LogP contribution < -0.4 is 10.1 Å². The second-order valence-electron chi connectivity index (χ2n) is 7.06. The van der Waals surface area contributed by atoms with Gasteiger partial charge in [-0.3, -0.25) is 4.79 Å². The molecule has 4 aromatic rings. The molecule has 0 radical (unpaired) electrons. The molecule has 0 atom stereocenters. The molecule has 0 bridgehead atoms. The standard InChI is InChI=1S/C25H23N3O2/c1-18-8-12-21(13-9-18)28-24(25(29)26-17-19-6-4-3-5-7-19)16-23(27-28)20-10-14-22(30-2)15-11-20/h3-16H,17H2,1-2H3,(H,26,29). The van der Waals surface area contributed by atoms with Crippen LogP contribution in [0.25, 0.3) is 16.9 Å². The number of carbonyl (C=O) groups is 1. The van der Waals surface area contributed by atoms with E-state index < -0.39 is 0 Å². The first-order valence-electron chi connectivity index (χ1n) is 9.78. The van der Waals surface area contributed by atoms with Gasteiger partial charge >= 0.3 is 0 Å². The largest absolute Gasteiger partial charge is 0.497 e. The number of nitrogens with one attached hydrogen (secondary N) is 1. The van der Waals surface area contributed by atoms with E-state index in [2.05, 4.69) is 5.32 Å². The van der Waals surface area contributed by atoms with Crippen molar-refractivity contribution in [3.05, 3.63) is 102 Å². The van der Waals surface area contributed by atoms with Gasteiger partial charge in [0.2, 0.25) is 0 Å². The summed E-state index contributed by atoms with van der Waals surface area (Å²) >= 11 is 0. The van der Waals surface area contributed by atoms with Crippen molar-refractivity contribution in [2.75, 3.05) is 7.11 Å². The number of hydrogen-bond acceptors (Lipinski definition) is 3. The smallest absolute Gasteiger partial charge is 0.270 e. The summed E-state index contributed by atoms with van der Waals surface area (Å²) in [7, 11) is 1.64. The van der Waals surface area contributed by atoms with Crippen LogP contribution in [0, 0.1) is 6.92 Å². The second kappa shape index (κ2) is 8.66. The van der Waals surface area contributed by atoms with Crippen LogP contribution >= 0.6 is 0 Å². The molecule has 0 fully saturated rings. The molecular weight excluding hydrogens is 374 g/mol. The predicted octanol–water partition coefficient (Wildman–Crippen LogP) is 4.79. The summed E-state index contributed by atoms with van der Waals surface area (Å²) in [4.78, 5) is 13.0. The number of hydrogen-bond donors (Lipinski definition) is 1. The van der Waals surface area contributed by atoms with Gasteiger partial charge in [0.25, 0.3) is 5.91 Å². The van der Waals surface area contributed by atoms with E-state index in [1.807, 2.05) is 91.9 Å².